The number of aliphatic hydroxyl groups is 1. The van der Waals surface area contributed by atoms with Crippen LogP contribution in [-0.2, 0) is 4.74 Å². The van der Waals surface area contributed by atoms with Gasteiger partial charge in [0.2, 0.25) is 0 Å². The van der Waals surface area contributed by atoms with Crippen molar-refractivity contribution in [3.63, 3.8) is 0 Å². The molecule has 88 valence electrons. The predicted molar refractivity (Wildman–Crippen MR) is 62.7 cm³/mol. The van der Waals surface area contributed by atoms with Crippen molar-refractivity contribution >= 4 is 0 Å². The molecule has 1 saturated heterocycles. The molecule has 0 aromatic heterocycles. The fraction of sp³-hybridized carbons (Fsp3) is 0.846. The molecule has 1 rings (SSSR count). The van der Waals surface area contributed by atoms with Crippen molar-refractivity contribution in [3.8, 4) is 0 Å². The molecule has 1 aliphatic heterocycles. The molecule has 0 bridgehead atoms. The Morgan fingerprint density at radius 3 is 2.67 bits per heavy atom. The third-order valence-corrected chi connectivity index (χ3v) is 3.59. The summed E-state index contributed by atoms with van der Waals surface area (Å²) in [5.41, 5.74) is 0. The Labute approximate surface area is 93.3 Å². The summed E-state index contributed by atoms with van der Waals surface area (Å²) >= 11 is 0. The molecule has 1 heterocycles. The van der Waals surface area contributed by atoms with Gasteiger partial charge in [0.25, 0.3) is 0 Å². The highest BCUT2D eigenvalue weighted by atomic mass is 16.5. The van der Waals surface area contributed by atoms with Gasteiger partial charge >= 0.3 is 0 Å². The molecular formula is C13H24O2. The van der Waals surface area contributed by atoms with E-state index in [-0.39, 0.29) is 24.2 Å². The van der Waals surface area contributed by atoms with Crippen molar-refractivity contribution in [1.29, 1.82) is 0 Å². The van der Waals surface area contributed by atoms with Gasteiger partial charge in [0.05, 0.1) is 18.3 Å². The van der Waals surface area contributed by atoms with Crippen LogP contribution in [0.4, 0.5) is 0 Å². The molecule has 1 aliphatic rings. The molecule has 1 N–H and O–H groups in total. The molecule has 0 aliphatic carbocycles. The molecule has 0 amide bonds. The lowest BCUT2D eigenvalue weighted by molar-refractivity contribution is 0.00452. The van der Waals surface area contributed by atoms with Crippen LogP contribution in [0.5, 0.6) is 0 Å². The van der Waals surface area contributed by atoms with Crippen LogP contribution >= 0.6 is 0 Å². The smallest absolute Gasteiger partial charge is 0.0875 e. The summed E-state index contributed by atoms with van der Waals surface area (Å²) in [4.78, 5) is 0. The van der Waals surface area contributed by atoms with Gasteiger partial charge in [0, 0.05) is 5.92 Å². The lowest BCUT2D eigenvalue weighted by Gasteiger charge is -2.18. The summed E-state index contributed by atoms with van der Waals surface area (Å²) < 4.78 is 5.88. The predicted octanol–water partition coefficient (Wildman–Crippen LogP) is 2.76. The van der Waals surface area contributed by atoms with Crippen LogP contribution in [0.2, 0.25) is 0 Å². The van der Waals surface area contributed by atoms with E-state index in [0.29, 0.717) is 5.92 Å². The Morgan fingerprint density at radius 2 is 2.13 bits per heavy atom. The normalized spacial score (nSPS) is 37.9. The number of aliphatic hydroxyl groups excluding tert-OH is 1. The Hall–Kier alpha value is -0.340. The second-order valence-corrected chi connectivity index (χ2v) is 4.84. The minimum absolute atomic E-state index is 0.0356. The average molecular weight is 212 g/mol. The van der Waals surface area contributed by atoms with Crippen LogP contribution in [0, 0.1) is 11.8 Å². The van der Waals surface area contributed by atoms with Gasteiger partial charge in [-0.1, -0.05) is 33.3 Å². The minimum Gasteiger partial charge on any atom is -0.390 e. The maximum Gasteiger partial charge on any atom is 0.0875 e. The molecule has 0 unspecified atom stereocenters. The van der Waals surface area contributed by atoms with E-state index in [2.05, 4.69) is 27.4 Å². The summed E-state index contributed by atoms with van der Waals surface area (Å²) in [5, 5.41) is 9.97. The highest BCUT2D eigenvalue weighted by Crippen LogP contribution is 2.32. The lowest BCUT2D eigenvalue weighted by Crippen LogP contribution is -2.25. The van der Waals surface area contributed by atoms with Crippen LogP contribution in [-0.4, -0.2) is 23.4 Å². The first kappa shape index (κ1) is 12.7. The first-order chi connectivity index (χ1) is 7.10. The van der Waals surface area contributed by atoms with Gasteiger partial charge in [-0.25, -0.2) is 0 Å². The van der Waals surface area contributed by atoms with E-state index in [1.807, 2.05) is 6.08 Å². The van der Waals surface area contributed by atoms with Gasteiger partial charge < -0.3 is 9.84 Å². The Bertz CT molecular complexity index is 203. The van der Waals surface area contributed by atoms with Gasteiger partial charge in [-0.2, -0.15) is 0 Å². The van der Waals surface area contributed by atoms with Crippen molar-refractivity contribution in [2.24, 2.45) is 11.8 Å². The minimum atomic E-state index is -0.322. The topological polar surface area (TPSA) is 29.5 Å². The van der Waals surface area contributed by atoms with E-state index in [4.69, 9.17) is 4.74 Å². The summed E-state index contributed by atoms with van der Waals surface area (Å²) in [5.74, 6) is 0.927. The van der Waals surface area contributed by atoms with Crippen molar-refractivity contribution in [2.75, 3.05) is 0 Å². The maximum atomic E-state index is 9.97. The number of hydrogen-bond donors (Lipinski definition) is 1. The molecule has 0 saturated carbocycles. The monoisotopic (exact) mass is 212 g/mol. The van der Waals surface area contributed by atoms with Crippen LogP contribution in [0.1, 0.15) is 40.0 Å². The Balaban J connectivity index is 2.50. The maximum absolute atomic E-state index is 9.97. The van der Waals surface area contributed by atoms with Crippen molar-refractivity contribution < 1.29 is 9.84 Å². The fourth-order valence-corrected chi connectivity index (χ4v) is 2.18. The van der Waals surface area contributed by atoms with E-state index in [9.17, 15) is 5.11 Å². The van der Waals surface area contributed by atoms with E-state index in [1.165, 1.54) is 6.42 Å². The molecule has 0 aromatic rings. The molecule has 5 atom stereocenters. The third-order valence-electron chi connectivity index (χ3n) is 3.59. The zero-order valence-electron chi connectivity index (χ0n) is 10.1. The van der Waals surface area contributed by atoms with E-state index < -0.39 is 0 Å². The quantitative estimate of drug-likeness (QED) is 0.710. The third kappa shape index (κ3) is 3.05. The van der Waals surface area contributed by atoms with Gasteiger partial charge in [-0.15, -0.1) is 6.58 Å². The summed E-state index contributed by atoms with van der Waals surface area (Å²) in [7, 11) is 0. The highest BCUT2D eigenvalue weighted by Gasteiger charge is 2.39. The van der Waals surface area contributed by atoms with Gasteiger partial charge in [0.1, 0.15) is 0 Å². The molecule has 0 spiro atoms. The summed E-state index contributed by atoms with van der Waals surface area (Å²) in [6, 6.07) is 0. The zero-order valence-corrected chi connectivity index (χ0v) is 10.1. The summed E-state index contributed by atoms with van der Waals surface area (Å²) in [6.45, 7) is 10.2. The van der Waals surface area contributed by atoms with Crippen LogP contribution in [0.15, 0.2) is 12.7 Å². The Morgan fingerprint density at radius 1 is 1.47 bits per heavy atom. The summed E-state index contributed by atoms with van der Waals surface area (Å²) in [6.07, 6.45) is 4.68. The van der Waals surface area contributed by atoms with E-state index >= 15 is 0 Å². The van der Waals surface area contributed by atoms with Gasteiger partial charge in [0.15, 0.2) is 0 Å². The lowest BCUT2D eigenvalue weighted by atomic mass is 9.91. The van der Waals surface area contributed by atoms with E-state index in [1.54, 1.807) is 0 Å². The second-order valence-electron chi connectivity index (χ2n) is 4.84. The van der Waals surface area contributed by atoms with E-state index in [0.717, 1.165) is 12.8 Å². The van der Waals surface area contributed by atoms with Crippen molar-refractivity contribution in [2.45, 2.75) is 58.3 Å². The van der Waals surface area contributed by atoms with Gasteiger partial charge in [-0.05, 0) is 18.8 Å². The standard InChI is InChI=1S/C13H24O2/c1-5-7-11-13(14)10(4)12(15-11)8-9(3)6-2/h5,9-14H,1,6-8H2,2-4H3/t9-,10+,11+,12-,13-/m1/s1. The SMILES string of the molecule is C=CC[C@@H]1O[C@H](C[C@H](C)CC)[C@H](C)[C@H]1O. The Kier molecular flexibility index (Phi) is 4.81. The number of rotatable bonds is 5. The van der Waals surface area contributed by atoms with Crippen LogP contribution < -0.4 is 0 Å². The number of ether oxygens (including phenoxy) is 1. The van der Waals surface area contributed by atoms with Gasteiger partial charge in [-0.3, -0.25) is 0 Å². The first-order valence-corrected chi connectivity index (χ1v) is 6.04. The molecular weight excluding hydrogens is 188 g/mol. The zero-order chi connectivity index (χ0) is 11.4. The average Bonchev–Trinajstić information content (AvgIpc) is 2.47. The van der Waals surface area contributed by atoms with Crippen LogP contribution in [0.25, 0.3) is 0 Å². The molecule has 0 aromatic carbocycles. The molecule has 2 nitrogen and oxygen atoms in total. The van der Waals surface area contributed by atoms with Crippen molar-refractivity contribution in [1.82, 2.24) is 0 Å². The number of hydrogen-bond acceptors (Lipinski definition) is 2. The second kappa shape index (κ2) is 5.66. The molecule has 1 fully saturated rings. The first-order valence-electron chi connectivity index (χ1n) is 6.04. The van der Waals surface area contributed by atoms with Crippen LogP contribution in [0.3, 0.4) is 0 Å². The molecule has 0 radical (unpaired) electrons. The molecule has 15 heavy (non-hydrogen) atoms. The fourth-order valence-electron chi connectivity index (χ4n) is 2.18. The van der Waals surface area contributed by atoms with Crippen molar-refractivity contribution in [3.05, 3.63) is 12.7 Å². The molecule has 2 heteroatoms. The largest absolute Gasteiger partial charge is 0.390 e. The highest BCUT2D eigenvalue weighted by molar-refractivity contribution is 4.91.